The Morgan fingerprint density at radius 2 is 1.82 bits per heavy atom. The maximum Gasteiger partial charge on any atom is 0.283 e. The average Bonchev–Trinajstić information content (AvgIpc) is 2.82. The molecule has 0 spiro atoms. The van der Waals surface area contributed by atoms with Crippen molar-refractivity contribution in [3.8, 4) is 0 Å². The van der Waals surface area contributed by atoms with E-state index in [-0.39, 0.29) is 0 Å². The van der Waals surface area contributed by atoms with Crippen LogP contribution in [-0.2, 0) is 16.4 Å². The van der Waals surface area contributed by atoms with Crippen LogP contribution in [0.25, 0.3) is 0 Å². The van der Waals surface area contributed by atoms with Gasteiger partial charge in [-0.15, -0.1) is 0 Å². The first-order chi connectivity index (χ1) is 10.2. The van der Waals surface area contributed by atoms with Crippen molar-refractivity contribution in [1.82, 2.24) is 9.19 Å². The SMILES string of the molecule is Cc1ccc(S(=O)(=O)n2nc(C)c3c2C[C@@H]2[C@@H]3C2(C)C)cc1. The van der Waals surface area contributed by atoms with E-state index in [1.807, 2.05) is 26.0 Å². The van der Waals surface area contributed by atoms with Crippen LogP contribution >= 0.6 is 0 Å². The number of aryl methyl sites for hydroxylation is 2. The molecule has 0 radical (unpaired) electrons. The minimum absolute atomic E-state index is 0.291. The lowest BCUT2D eigenvalue weighted by Gasteiger charge is -2.11. The molecule has 1 aromatic carbocycles. The summed E-state index contributed by atoms with van der Waals surface area (Å²) in [4.78, 5) is 0.309. The summed E-state index contributed by atoms with van der Waals surface area (Å²) in [6, 6.07) is 6.97. The van der Waals surface area contributed by atoms with Crippen molar-refractivity contribution in [2.45, 2.75) is 44.9 Å². The molecule has 1 fully saturated rings. The maximum atomic E-state index is 12.9. The van der Waals surface area contributed by atoms with E-state index in [1.165, 1.54) is 9.65 Å². The molecule has 0 N–H and O–H groups in total. The normalized spacial score (nSPS) is 24.9. The molecule has 0 bridgehead atoms. The Morgan fingerprint density at radius 1 is 1.18 bits per heavy atom. The monoisotopic (exact) mass is 316 g/mol. The molecule has 2 aliphatic rings. The van der Waals surface area contributed by atoms with Gasteiger partial charge >= 0.3 is 0 Å². The van der Waals surface area contributed by atoms with Crippen molar-refractivity contribution < 1.29 is 8.42 Å². The number of rotatable bonds is 2. The van der Waals surface area contributed by atoms with Gasteiger partial charge in [0.25, 0.3) is 10.0 Å². The first-order valence-corrected chi connectivity index (χ1v) is 9.09. The largest absolute Gasteiger partial charge is 0.283 e. The van der Waals surface area contributed by atoms with E-state index >= 15 is 0 Å². The molecule has 0 saturated heterocycles. The van der Waals surface area contributed by atoms with E-state index in [0.29, 0.717) is 22.1 Å². The van der Waals surface area contributed by atoms with Gasteiger partial charge in [-0.05, 0) is 49.7 Å². The molecule has 2 atom stereocenters. The van der Waals surface area contributed by atoms with Gasteiger partial charge in [0.2, 0.25) is 0 Å². The fourth-order valence-corrected chi connectivity index (χ4v) is 5.44. The summed E-state index contributed by atoms with van der Waals surface area (Å²) >= 11 is 0. The Bertz CT molecular complexity index is 876. The van der Waals surface area contributed by atoms with Crippen LogP contribution in [0, 0.1) is 25.2 Å². The van der Waals surface area contributed by atoms with Gasteiger partial charge < -0.3 is 0 Å². The number of fused-ring (bicyclic) bond motifs is 3. The topological polar surface area (TPSA) is 52.0 Å². The third kappa shape index (κ3) is 1.63. The lowest BCUT2D eigenvalue weighted by Crippen LogP contribution is -2.18. The minimum Gasteiger partial charge on any atom is -0.199 e. The van der Waals surface area contributed by atoms with Crippen LogP contribution in [0.2, 0.25) is 0 Å². The number of hydrogen-bond donors (Lipinski definition) is 0. The van der Waals surface area contributed by atoms with Crippen LogP contribution in [0.5, 0.6) is 0 Å². The molecule has 0 aliphatic heterocycles. The molecule has 0 amide bonds. The second-order valence-electron chi connectivity index (χ2n) is 7.22. The first kappa shape index (κ1) is 14.0. The van der Waals surface area contributed by atoms with Gasteiger partial charge in [-0.3, -0.25) is 0 Å². The highest BCUT2D eigenvalue weighted by Crippen LogP contribution is 2.70. The van der Waals surface area contributed by atoms with E-state index in [0.717, 1.165) is 23.4 Å². The molecule has 5 heteroatoms. The van der Waals surface area contributed by atoms with E-state index in [2.05, 4.69) is 18.9 Å². The Labute approximate surface area is 131 Å². The third-order valence-electron chi connectivity index (χ3n) is 5.49. The number of aromatic nitrogens is 2. The van der Waals surface area contributed by atoms with Crippen molar-refractivity contribution >= 4 is 10.0 Å². The lowest BCUT2D eigenvalue weighted by molar-refractivity contribution is 0.530. The number of benzene rings is 1. The van der Waals surface area contributed by atoms with Crippen LogP contribution in [0.1, 0.15) is 42.3 Å². The molecule has 1 heterocycles. The van der Waals surface area contributed by atoms with Crippen LogP contribution in [0.4, 0.5) is 0 Å². The second-order valence-corrected chi connectivity index (χ2v) is 8.98. The highest BCUT2D eigenvalue weighted by Gasteiger charge is 2.64. The van der Waals surface area contributed by atoms with Crippen LogP contribution in [0.15, 0.2) is 29.2 Å². The Balaban J connectivity index is 1.84. The molecule has 2 aromatic rings. The van der Waals surface area contributed by atoms with Crippen molar-refractivity contribution in [3.05, 3.63) is 46.8 Å². The van der Waals surface area contributed by atoms with E-state index in [4.69, 9.17) is 0 Å². The summed E-state index contributed by atoms with van der Waals surface area (Å²) in [5.74, 6) is 1.04. The van der Waals surface area contributed by atoms with Crippen molar-refractivity contribution in [1.29, 1.82) is 0 Å². The summed E-state index contributed by atoms with van der Waals surface area (Å²) in [5, 5.41) is 4.37. The van der Waals surface area contributed by atoms with Gasteiger partial charge in [-0.1, -0.05) is 31.5 Å². The van der Waals surface area contributed by atoms with Gasteiger partial charge in [0, 0.05) is 5.56 Å². The van der Waals surface area contributed by atoms with E-state index < -0.39 is 10.0 Å². The highest BCUT2D eigenvalue weighted by atomic mass is 32.2. The molecular weight excluding hydrogens is 296 g/mol. The van der Waals surface area contributed by atoms with Gasteiger partial charge in [0.1, 0.15) is 0 Å². The molecule has 1 saturated carbocycles. The second kappa shape index (κ2) is 4.02. The quantitative estimate of drug-likeness (QED) is 0.856. The molecule has 116 valence electrons. The zero-order valence-electron chi connectivity index (χ0n) is 13.3. The molecule has 4 rings (SSSR count). The highest BCUT2D eigenvalue weighted by molar-refractivity contribution is 7.89. The summed E-state index contributed by atoms with van der Waals surface area (Å²) in [6.45, 7) is 8.39. The molecule has 1 aromatic heterocycles. The van der Waals surface area contributed by atoms with Crippen LogP contribution < -0.4 is 0 Å². The molecule has 22 heavy (non-hydrogen) atoms. The first-order valence-electron chi connectivity index (χ1n) is 7.65. The van der Waals surface area contributed by atoms with E-state index in [1.54, 1.807) is 12.1 Å². The maximum absolute atomic E-state index is 12.9. The predicted octanol–water partition coefficient (Wildman–Crippen LogP) is 3.03. The summed E-state index contributed by atoms with van der Waals surface area (Å²) < 4.78 is 27.1. The third-order valence-corrected chi connectivity index (χ3v) is 7.12. The average molecular weight is 316 g/mol. The van der Waals surface area contributed by atoms with Gasteiger partial charge in [0.05, 0.1) is 16.3 Å². The summed E-state index contributed by atoms with van der Waals surface area (Å²) in [7, 11) is -3.59. The summed E-state index contributed by atoms with van der Waals surface area (Å²) in [5.41, 5.74) is 4.27. The van der Waals surface area contributed by atoms with Crippen molar-refractivity contribution in [3.63, 3.8) is 0 Å². The summed E-state index contributed by atoms with van der Waals surface area (Å²) in [6.07, 6.45) is 0.818. The molecular formula is C17H20N2O2S. The fraction of sp³-hybridized carbons (Fsp3) is 0.471. The van der Waals surface area contributed by atoms with Gasteiger partial charge in [-0.2, -0.15) is 17.6 Å². The van der Waals surface area contributed by atoms with Crippen LogP contribution in [0.3, 0.4) is 0 Å². The van der Waals surface area contributed by atoms with Crippen LogP contribution in [-0.4, -0.2) is 17.6 Å². The van der Waals surface area contributed by atoms with Gasteiger partial charge in [-0.25, -0.2) is 0 Å². The van der Waals surface area contributed by atoms with Crippen molar-refractivity contribution in [2.75, 3.05) is 0 Å². The van der Waals surface area contributed by atoms with Gasteiger partial charge in [0.15, 0.2) is 0 Å². The Kier molecular flexibility index (Phi) is 2.56. The van der Waals surface area contributed by atoms with E-state index in [9.17, 15) is 8.42 Å². The smallest absolute Gasteiger partial charge is 0.199 e. The predicted molar refractivity (Wildman–Crippen MR) is 84.4 cm³/mol. The number of hydrogen-bond acceptors (Lipinski definition) is 3. The standard InChI is InChI=1S/C17H20N2O2S/c1-10-5-7-12(8-6-10)22(20,21)19-14-9-13-16(17(13,3)4)15(14)11(2)18-19/h5-8,13,16H,9H2,1-4H3/t13-,16+/m1/s1. The molecule has 4 nitrogen and oxygen atoms in total. The molecule has 0 unspecified atom stereocenters. The molecule has 2 aliphatic carbocycles. The Morgan fingerprint density at radius 3 is 2.45 bits per heavy atom. The zero-order valence-corrected chi connectivity index (χ0v) is 14.1. The Hall–Kier alpha value is -1.62. The fourth-order valence-electron chi connectivity index (χ4n) is 4.07. The van der Waals surface area contributed by atoms with Crippen molar-refractivity contribution in [2.24, 2.45) is 11.3 Å². The minimum atomic E-state index is -3.59. The zero-order chi connectivity index (χ0) is 15.9. The lowest BCUT2D eigenvalue weighted by atomic mass is 9.98. The number of nitrogens with zero attached hydrogens (tertiary/aromatic N) is 2.